The second-order valence-electron chi connectivity index (χ2n) is 3.20. The molecule has 0 heterocycles. The Morgan fingerprint density at radius 2 is 2.00 bits per heavy atom. The molecule has 0 atom stereocenters. The number of allylic oxidation sites excluding steroid dienone is 2. The number of alkyl halides is 3. The standard InChI is InChI=1S/C9H11F3O/c1-2-7(9(10,11)12)5-8(13)6-3-4-6/h5-6H,2-4H2,1H3/b7-5+. The van der Waals surface area contributed by atoms with Crippen molar-refractivity contribution in [2.24, 2.45) is 5.92 Å². The van der Waals surface area contributed by atoms with E-state index in [0.29, 0.717) is 0 Å². The fraction of sp³-hybridized carbons (Fsp3) is 0.667. The van der Waals surface area contributed by atoms with E-state index >= 15 is 0 Å². The van der Waals surface area contributed by atoms with Crippen molar-refractivity contribution in [3.8, 4) is 0 Å². The highest BCUT2D eigenvalue weighted by Crippen LogP contribution is 2.33. The minimum Gasteiger partial charge on any atom is -0.295 e. The number of hydrogen-bond donors (Lipinski definition) is 0. The van der Waals surface area contributed by atoms with Crippen LogP contribution in [0.2, 0.25) is 0 Å². The Balaban J connectivity index is 2.69. The van der Waals surface area contributed by atoms with Gasteiger partial charge in [0, 0.05) is 11.5 Å². The van der Waals surface area contributed by atoms with Crippen LogP contribution in [-0.2, 0) is 4.79 Å². The van der Waals surface area contributed by atoms with E-state index in [0.717, 1.165) is 18.9 Å². The van der Waals surface area contributed by atoms with Gasteiger partial charge in [0.15, 0.2) is 5.78 Å². The first kappa shape index (κ1) is 10.3. The first-order chi connectivity index (χ1) is 5.95. The zero-order valence-corrected chi connectivity index (χ0v) is 7.32. The highest BCUT2D eigenvalue weighted by molar-refractivity contribution is 5.94. The Labute approximate surface area is 74.6 Å². The summed E-state index contributed by atoms with van der Waals surface area (Å²) in [4.78, 5) is 11.0. The lowest BCUT2D eigenvalue weighted by Crippen LogP contribution is -2.13. The zero-order chi connectivity index (χ0) is 10.1. The van der Waals surface area contributed by atoms with Crippen molar-refractivity contribution < 1.29 is 18.0 Å². The molecule has 1 saturated carbocycles. The number of carbonyl (C=O) groups is 1. The molecule has 13 heavy (non-hydrogen) atoms. The molecule has 0 amide bonds. The van der Waals surface area contributed by atoms with Crippen LogP contribution in [0.1, 0.15) is 26.2 Å². The Kier molecular flexibility index (Phi) is 2.78. The molecule has 0 aromatic carbocycles. The van der Waals surface area contributed by atoms with Gasteiger partial charge in [-0.25, -0.2) is 0 Å². The Hall–Kier alpha value is -0.800. The summed E-state index contributed by atoms with van der Waals surface area (Å²) in [7, 11) is 0. The molecule has 1 rings (SSSR count). The van der Waals surface area contributed by atoms with Crippen molar-refractivity contribution >= 4 is 5.78 Å². The molecule has 4 heteroatoms. The lowest BCUT2D eigenvalue weighted by Gasteiger charge is -2.08. The van der Waals surface area contributed by atoms with Gasteiger partial charge in [-0.05, 0) is 25.3 Å². The maximum Gasteiger partial charge on any atom is 0.412 e. The van der Waals surface area contributed by atoms with Gasteiger partial charge < -0.3 is 0 Å². The van der Waals surface area contributed by atoms with Gasteiger partial charge in [-0.2, -0.15) is 13.2 Å². The van der Waals surface area contributed by atoms with Gasteiger partial charge in [-0.3, -0.25) is 4.79 Å². The van der Waals surface area contributed by atoms with E-state index in [2.05, 4.69) is 0 Å². The number of rotatable bonds is 3. The van der Waals surface area contributed by atoms with E-state index in [1.54, 1.807) is 0 Å². The third-order valence-corrected chi connectivity index (χ3v) is 2.04. The maximum atomic E-state index is 12.1. The van der Waals surface area contributed by atoms with Crippen molar-refractivity contribution in [3.63, 3.8) is 0 Å². The van der Waals surface area contributed by atoms with Crippen LogP contribution in [-0.4, -0.2) is 12.0 Å². The van der Waals surface area contributed by atoms with Gasteiger partial charge in [0.2, 0.25) is 0 Å². The van der Waals surface area contributed by atoms with Crippen LogP contribution in [0.5, 0.6) is 0 Å². The van der Waals surface area contributed by atoms with Gasteiger partial charge in [0.05, 0.1) is 0 Å². The molecule has 0 unspecified atom stereocenters. The highest BCUT2D eigenvalue weighted by atomic mass is 19.4. The summed E-state index contributed by atoms with van der Waals surface area (Å²) >= 11 is 0. The van der Waals surface area contributed by atoms with Crippen LogP contribution >= 0.6 is 0 Å². The fourth-order valence-corrected chi connectivity index (χ4v) is 1.04. The van der Waals surface area contributed by atoms with Crippen molar-refractivity contribution in [2.75, 3.05) is 0 Å². The Bertz CT molecular complexity index is 236. The third kappa shape index (κ3) is 2.86. The largest absolute Gasteiger partial charge is 0.412 e. The molecule has 1 aliphatic carbocycles. The van der Waals surface area contributed by atoms with E-state index in [1.165, 1.54) is 6.92 Å². The second-order valence-corrected chi connectivity index (χ2v) is 3.20. The quantitative estimate of drug-likeness (QED) is 0.628. The molecule has 1 aliphatic rings. The summed E-state index contributed by atoms with van der Waals surface area (Å²) in [5, 5.41) is 0. The van der Waals surface area contributed by atoms with Crippen LogP contribution in [0.25, 0.3) is 0 Å². The van der Waals surface area contributed by atoms with Crippen LogP contribution in [0, 0.1) is 5.92 Å². The summed E-state index contributed by atoms with van der Waals surface area (Å²) < 4.78 is 36.4. The number of ketones is 1. The number of hydrogen-bond acceptors (Lipinski definition) is 1. The minimum absolute atomic E-state index is 0.135. The fourth-order valence-electron chi connectivity index (χ4n) is 1.04. The van der Waals surface area contributed by atoms with E-state index in [-0.39, 0.29) is 18.1 Å². The molecule has 0 radical (unpaired) electrons. The zero-order valence-electron chi connectivity index (χ0n) is 7.32. The topological polar surface area (TPSA) is 17.1 Å². The predicted octanol–water partition coefficient (Wildman–Crippen LogP) is 2.86. The molecule has 1 fully saturated rings. The molecular formula is C9H11F3O. The summed E-state index contributed by atoms with van der Waals surface area (Å²) in [6.45, 7) is 1.40. The summed E-state index contributed by atoms with van der Waals surface area (Å²) in [6.07, 6.45) is -2.24. The van der Waals surface area contributed by atoms with Crippen LogP contribution in [0.3, 0.4) is 0 Å². The molecule has 0 aromatic heterocycles. The lowest BCUT2D eigenvalue weighted by atomic mass is 10.1. The molecule has 0 bridgehead atoms. The second kappa shape index (κ2) is 3.52. The van der Waals surface area contributed by atoms with Gasteiger partial charge in [0.1, 0.15) is 0 Å². The SMILES string of the molecule is CC/C(=C\C(=O)C1CC1)C(F)(F)F. The molecule has 74 valence electrons. The Morgan fingerprint density at radius 1 is 1.46 bits per heavy atom. The Morgan fingerprint density at radius 3 is 2.31 bits per heavy atom. The average molecular weight is 192 g/mol. The van der Waals surface area contributed by atoms with Crippen LogP contribution in [0.4, 0.5) is 13.2 Å². The van der Waals surface area contributed by atoms with Gasteiger partial charge in [-0.15, -0.1) is 0 Å². The lowest BCUT2D eigenvalue weighted by molar-refractivity contribution is -0.117. The summed E-state index contributed by atoms with van der Waals surface area (Å²) in [6, 6.07) is 0. The van der Waals surface area contributed by atoms with E-state index in [1.807, 2.05) is 0 Å². The summed E-state index contributed by atoms with van der Waals surface area (Å²) in [5.41, 5.74) is -0.718. The molecule has 0 spiro atoms. The first-order valence-corrected chi connectivity index (χ1v) is 4.26. The average Bonchev–Trinajstić information content (AvgIpc) is 2.78. The van der Waals surface area contributed by atoms with Crippen molar-refractivity contribution in [1.82, 2.24) is 0 Å². The first-order valence-electron chi connectivity index (χ1n) is 4.26. The van der Waals surface area contributed by atoms with E-state index in [4.69, 9.17) is 0 Å². The van der Waals surface area contributed by atoms with Crippen LogP contribution < -0.4 is 0 Å². The molecule has 0 saturated heterocycles. The van der Waals surface area contributed by atoms with Crippen molar-refractivity contribution in [3.05, 3.63) is 11.6 Å². The third-order valence-electron chi connectivity index (χ3n) is 2.04. The minimum atomic E-state index is -4.35. The summed E-state index contributed by atoms with van der Waals surface area (Å²) in [5.74, 6) is -0.502. The maximum absolute atomic E-state index is 12.1. The van der Waals surface area contributed by atoms with Crippen molar-refractivity contribution in [2.45, 2.75) is 32.4 Å². The number of halogens is 3. The molecule has 1 nitrogen and oxygen atoms in total. The van der Waals surface area contributed by atoms with Crippen molar-refractivity contribution in [1.29, 1.82) is 0 Å². The van der Waals surface area contributed by atoms with Gasteiger partial charge in [-0.1, -0.05) is 6.92 Å². The van der Waals surface area contributed by atoms with Gasteiger partial charge in [0.25, 0.3) is 0 Å². The molecular weight excluding hydrogens is 181 g/mol. The van der Waals surface area contributed by atoms with E-state index in [9.17, 15) is 18.0 Å². The van der Waals surface area contributed by atoms with E-state index < -0.39 is 11.7 Å². The predicted molar refractivity (Wildman–Crippen MR) is 42.2 cm³/mol. The monoisotopic (exact) mass is 192 g/mol. The number of carbonyl (C=O) groups excluding carboxylic acids is 1. The molecule has 0 N–H and O–H groups in total. The van der Waals surface area contributed by atoms with Crippen LogP contribution in [0.15, 0.2) is 11.6 Å². The van der Waals surface area contributed by atoms with Gasteiger partial charge >= 0.3 is 6.18 Å². The normalized spacial score (nSPS) is 18.9. The molecule has 0 aromatic rings. The smallest absolute Gasteiger partial charge is 0.295 e. The molecule has 0 aliphatic heterocycles. The highest BCUT2D eigenvalue weighted by Gasteiger charge is 2.35.